The van der Waals surface area contributed by atoms with Crippen molar-refractivity contribution in [3.05, 3.63) is 40.4 Å². The molecule has 22 heavy (non-hydrogen) atoms. The fourth-order valence-corrected chi connectivity index (χ4v) is 5.84. The average Bonchev–Trinajstić information content (AvgIpc) is 2.49. The second-order valence-electron chi connectivity index (χ2n) is 5.72. The van der Waals surface area contributed by atoms with Gasteiger partial charge in [0.05, 0.1) is 4.53 Å². The highest BCUT2D eigenvalue weighted by Crippen LogP contribution is 2.22. The zero-order valence-electron chi connectivity index (χ0n) is 13.7. The Kier molecular flexibility index (Phi) is 8.67. The van der Waals surface area contributed by atoms with E-state index in [0.717, 1.165) is 55.7 Å². The van der Waals surface area contributed by atoms with Crippen molar-refractivity contribution in [2.45, 2.75) is 58.8 Å². The van der Waals surface area contributed by atoms with Crippen LogP contribution in [0.1, 0.15) is 58.8 Å². The van der Waals surface area contributed by atoms with Gasteiger partial charge in [-0.25, -0.2) is 0 Å². The van der Waals surface area contributed by atoms with Crippen LogP contribution in [0.5, 0.6) is 0 Å². The van der Waals surface area contributed by atoms with Gasteiger partial charge in [0, 0.05) is 0 Å². The monoisotopic (exact) mass is 340 g/mol. The maximum Gasteiger partial charge on any atom is 0.286 e. The third-order valence-electron chi connectivity index (χ3n) is 3.83. The number of unbranched alkanes of at least 4 members (excludes halogenated alkanes) is 3. The third kappa shape index (κ3) is 6.90. The van der Waals surface area contributed by atoms with E-state index in [-0.39, 0.29) is 0 Å². The highest BCUT2D eigenvalue weighted by Gasteiger charge is 2.20. The maximum atomic E-state index is 11.9. The zero-order chi connectivity index (χ0) is 16.4. The van der Waals surface area contributed by atoms with Gasteiger partial charge in [0.25, 0.3) is 10.1 Å². The predicted octanol–water partition coefficient (Wildman–Crippen LogP) is 3.35. The minimum atomic E-state index is -4.09. The smallest absolute Gasteiger partial charge is 0.282 e. The quantitative estimate of drug-likeness (QED) is 0.404. The minimum absolute atomic E-state index is 0.350. The first kappa shape index (κ1) is 19.1. The van der Waals surface area contributed by atoms with E-state index >= 15 is 0 Å². The first-order valence-corrected chi connectivity index (χ1v) is 11.1. The molecule has 0 aliphatic heterocycles. The maximum absolute atomic E-state index is 11.9. The van der Waals surface area contributed by atoms with E-state index in [1.807, 2.05) is 30.3 Å². The Morgan fingerprint density at radius 3 is 2.14 bits per heavy atom. The van der Waals surface area contributed by atoms with E-state index < -0.39 is 19.6 Å². The molecule has 5 heteroatoms. The first-order chi connectivity index (χ1) is 10.5. The lowest BCUT2D eigenvalue weighted by Gasteiger charge is -2.13. The van der Waals surface area contributed by atoms with Gasteiger partial charge < -0.3 is 0 Å². The Balaban J connectivity index is 3.08. The molecule has 0 saturated heterocycles. The number of benzene rings is 1. The lowest BCUT2D eigenvalue weighted by atomic mass is 10.0. The summed E-state index contributed by atoms with van der Waals surface area (Å²) in [6, 6.07) is 9.69. The van der Waals surface area contributed by atoms with Crippen LogP contribution < -0.4 is 5.19 Å². The van der Waals surface area contributed by atoms with Gasteiger partial charge in [0.1, 0.15) is 9.52 Å². The molecule has 1 rings (SSSR count). The molecule has 124 valence electrons. The Labute approximate surface area is 137 Å². The molecule has 3 nitrogen and oxygen atoms in total. The van der Waals surface area contributed by atoms with Crippen molar-refractivity contribution in [1.29, 1.82) is 0 Å². The number of rotatable bonds is 10. The fourth-order valence-electron chi connectivity index (χ4n) is 2.56. The summed E-state index contributed by atoms with van der Waals surface area (Å²) in [5.41, 5.74) is 0.966. The van der Waals surface area contributed by atoms with Crippen molar-refractivity contribution in [1.82, 2.24) is 0 Å². The van der Waals surface area contributed by atoms with E-state index in [2.05, 4.69) is 13.8 Å². The normalized spacial score (nSPS) is 13.6. The standard InChI is InChI=1S/C17H28O3SSi/c1-3-5-8-12-15(11-6-4-2)17(21(18,19)20)22-16-13-9-7-10-14-16/h7,9-10,13-14H,3-6,8,11-12,22H2,1-2H3,(H,18,19,20)/b17-15-. The molecule has 0 unspecified atom stereocenters. The van der Waals surface area contributed by atoms with E-state index in [1.54, 1.807) is 0 Å². The molecule has 1 aromatic rings. The summed E-state index contributed by atoms with van der Waals surface area (Å²) in [6.07, 6.45) is 6.79. The number of hydrogen-bond acceptors (Lipinski definition) is 2. The van der Waals surface area contributed by atoms with Crippen LogP contribution >= 0.6 is 0 Å². The lowest BCUT2D eigenvalue weighted by molar-refractivity contribution is 0.492. The van der Waals surface area contributed by atoms with Crippen LogP contribution in [-0.2, 0) is 10.1 Å². The fraction of sp³-hybridized carbons (Fsp3) is 0.529. The van der Waals surface area contributed by atoms with Crippen LogP contribution in [0, 0.1) is 0 Å². The van der Waals surface area contributed by atoms with Crippen molar-refractivity contribution >= 4 is 24.8 Å². The third-order valence-corrected chi connectivity index (χ3v) is 7.97. The number of hydrogen-bond donors (Lipinski definition) is 1. The van der Waals surface area contributed by atoms with Crippen LogP contribution in [0.3, 0.4) is 0 Å². The second-order valence-corrected chi connectivity index (χ2v) is 9.56. The molecular weight excluding hydrogens is 312 g/mol. The van der Waals surface area contributed by atoms with E-state index in [4.69, 9.17) is 0 Å². The molecule has 0 radical (unpaired) electrons. The molecule has 0 aromatic heterocycles. The molecule has 0 atom stereocenters. The first-order valence-electron chi connectivity index (χ1n) is 8.21. The predicted molar refractivity (Wildman–Crippen MR) is 96.9 cm³/mol. The van der Waals surface area contributed by atoms with Gasteiger partial charge in [-0.2, -0.15) is 8.42 Å². The summed E-state index contributed by atoms with van der Waals surface area (Å²) >= 11 is 0. The van der Waals surface area contributed by atoms with Crippen molar-refractivity contribution in [3.8, 4) is 0 Å². The molecule has 1 N–H and O–H groups in total. The lowest BCUT2D eigenvalue weighted by Crippen LogP contribution is -2.23. The van der Waals surface area contributed by atoms with Crippen LogP contribution in [0.15, 0.2) is 40.4 Å². The van der Waals surface area contributed by atoms with Gasteiger partial charge in [-0.15, -0.1) is 0 Å². The van der Waals surface area contributed by atoms with Gasteiger partial charge in [-0.05, 0) is 25.7 Å². The van der Waals surface area contributed by atoms with Crippen LogP contribution in [-0.4, -0.2) is 22.5 Å². The van der Waals surface area contributed by atoms with Crippen molar-refractivity contribution in [2.75, 3.05) is 0 Å². The Morgan fingerprint density at radius 1 is 1.00 bits per heavy atom. The molecule has 0 spiro atoms. The van der Waals surface area contributed by atoms with Crippen molar-refractivity contribution in [3.63, 3.8) is 0 Å². The average molecular weight is 341 g/mol. The van der Waals surface area contributed by atoms with Gasteiger partial charge in [-0.3, -0.25) is 4.55 Å². The molecule has 0 bridgehead atoms. The van der Waals surface area contributed by atoms with E-state index in [9.17, 15) is 13.0 Å². The molecule has 0 fully saturated rings. The largest absolute Gasteiger partial charge is 0.286 e. The highest BCUT2D eigenvalue weighted by atomic mass is 32.2. The number of allylic oxidation sites excluding steroid dienone is 1. The Morgan fingerprint density at radius 2 is 1.59 bits per heavy atom. The van der Waals surface area contributed by atoms with Gasteiger partial charge in [-0.1, -0.05) is 74.2 Å². The van der Waals surface area contributed by atoms with Crippen LogP contribution in [0.2, 0.25) is 0 Å². The summed E-state index contributed by atoms with van der Waals surface area (Å²) in [7, 11) is -5.26. The zero-order valence-corrected chi connectivity index (χ0v) is 15.9. The van der Waals surface area contributed by atoms with Crippen LogP contribution in [0.25, 0.3) is 0 Å². The highest BCUT2D eigenvalue weighted by molar-refractivity contribution is 7.91. The van der Waals surface area contributed by atoms with Crippen molar-refractivity contribution < 1.29 is 13.0 Å². The molecule has 0 heterocycles. The summed E-state index contributed by atoms with van der Waals surface area (Å²) in [6.45, 7) is 4.24. The Hall–Kier alpha value is -0.913. The topological polar surface area (TPSA) is 54.4 Å². The summed E-state index contributed by atoms with van der Waals surface area (Å²) in [4.78, 5) is 0. The SMILES string of the molecule is CCCCC/C(CCCC)=C(\[SiH2]c1ccccc1)S(=O)(=O)O. The van der Waals surface area contributed by atoms with Crippen molar-refractivity contribution in [2.24, 2.45) is 0 Å². The summed E-state index contributed by atoms with van der Waals surface area (Å²) in [5, 5.41) is 1.06. The van der Waals surface area contributed by atoms with E-state index in [0.29, 0.717) is 4.53 Å². The van der Waals surface area contributed by atoms with Crippen LogP contribution in [0.4, 0.5) is 0 Å². The molecule has 0 amide bonds. The summed E-state index contributed by atoms with van der Waals surface area (Å²) < 4.78 is 33.9. The Bertz CT molecular complexity index is 565. The molecular formula is C17H28O3SSi. The second kappa shape index (κ2) is 9.97. The molecule has 1 aromatic carbocycles. The summed E-state index contributed by atoms with van der Waals surface area (Å²) in [5.74, 6) is 0. The van der Waals surface area contributed by atoms with E-state index in [1.165, 1.54) is 0 Å². The molecule has 0 saturated carbocycles. The van der Waals surface area contributed by atoms with Gasteiger partial charge in [0.15, 0.2) is 0 Å². The molecule has 0 aliphatic rings. The van der Waals surface area contributed by atoms with Gasteiger partial charge in [0.2, 0.25) is 0 Å². The minimum Gasteiger partial charge on any atom is -0.282 e. The van der Waals surface area contributed by atoms with Gasteiger partial charge >= 0.3 is 0 Å². The molecule has 0 aliphatic carbocycles.